The Labute approximate surface area is 183 Å². The Hall–Kier alpha value is -1.88. The molecule has 0 aromatic heterocycles. The van der Waals surface area contributed by atoms with Crippen LogP contribution in [0.25, 0.3) is 0 Å². The number of benzene rings is 3. The maximum Gasteiger partial charge on any atom is 0.175 e. The molecule has 0 amide bonds. The number of ether oxygens (including phenoxy) is 2. The molecular formula is C22H20BrCl2NO2. The van der Waals surface area contributed by atoms with Crippen molar-refractivity contribution in [1.82, 2.24) is 0 Å². The van der Waals surface area contributed by atoms with Crippen molar-refractivity contribution in [1.29, 1.82) is 0 Å². The lowest BCUT2D eigenvalue weighted by molar-refractivity contribution is 0.267. The van der Waals surface area contributed by atoms with E-state index in [-0.39, 0.29) is 0 Å². The van der Waals surface area contributed by atoms with E-state index in [4.69, 9.17) is 32.7 Å². The molecule has 146 valence electrons. The highest BCUT2D eigenvalue weighted by molar-refractivity contribution is 9.10. The molecule has 0 aliphatic rings. The SMILES string of the molecule is CCOc1cc(CNc2ccccc2Cl)cc(Br)c1OCc1cccc(Cl)c1. The Morgan fingerprint density at radius 3 is 2.50 bits per heavy atom. The quantitative estimate of drug-likeness (QED) is 0.365. The van der Waals surface area contributed by atoms with Gasteiger partial charge in [0, 0.05) is 11.6 Å². The minimum absolute atomic E-state index is 0.399. The molecule has 3 nitrogen and oxygen atoms in total. The lowest BCUT2D eigenvalue weighted by Crippen LogP contribution is -2.04. The molecule has 0 radical (unpaired) electrons. The summed E-state index contributed by atoms with van der Waals surface area (Å²) < 4.78 is 12.7. The van der Waals surface area contributed by atoms with Gasteiger partial charge in [-0.15, -0.1) is 0 Å². The summed E-state index contributed by atoms with van der Waals surface area (Å²) >= 11 is 15.9. The Kier molecular flexibility index (Phi) is 7.49. The van der Waals surface area contributed by atoms with Gasteiger partial charge in [-0.05, 0) is 70.4 Å². The van der Waals surface area contributed by atoms with Crippen molar-refractivity contribution >= 4 is 44.8 Å². The first-order chi connectivity index (χ1) is 13.6. The minimum Gasteiger partial charge on any atom is -0.490 e. The molecular weight excluding hydrogens is 461 g/mol. The number of halogens is 3. The van der Waals surface area contributed by atoms with Crippen LogP contribution in [0.4, 0.5) is 5.69 Å². The summed E-state index contributed by atoms with van der Waals surface area (Å²) in [4.78, 5) is 0. The fraction of sp³-hybridized carbons (Fsp3) is 0.182. The zero-order valence-corrected chi connectivity index (χ0v) is 18.4. The van der Waals surface area contributed by atoms with Crippen LogP contribution in [0.5, 0.6) is 11.5 Å². The van der Waals surface area contributed by atoms with Crippen molar-refractivity contribution in [2.45, 2.75) is 20.1 Å². The van der Waals surface area contributed by atoms with Gasteiger partial charge in [-0.3, -0.25) is 0 Å². The summed E-state index contributed by atoms with van der Waals surface area (Å²) in [6.45, 7) is 3.50. The van der Waals surface area contributed by atoms with Gasteiger partial charge in [0.2, 0.25) is 0 Å². The third kappa shape index (κ3) is 5.57. The van der Waals surface area contributed by atoms with Gasteiger partial charge in [-0.2, -0.15) is 0 Å². The van der Waals surface area contributed by atoms with E-state index in [0.717, 1.165) is 21.3 Å². The maximum atomic E-state index is 6.21. The summed E-state index contributed by atoms with van der Waals surface area (Å²) in [5.41, 5.74) is 2.93. The van der Waals surface area contributed by atoms with Crippen molar-refractivity contribution in [3.05, 3.63) is 86.3 Å². The summed E-state index contributed by atoms with van der Waals surface area (Å²) in [5.74, 6) is 1.36. The molecule has 0 spiro atoms. The highest BCUT2D eigenvalue weighted by Gasteiger charge is 2.13. The number of hydrogen-bond acceptors (Lipinski definition) is 3. The molecule has 0 unspecified atom stereocenters. The molecule has 3 rings (SSSR count). The third-order valence-corrected chi connectivity index (χ3v) is 5.15. The third-order valence-electron chi connectivity index (χ3n) is 4.00. The second-order valence-corrected chi connectivity index (χ2v) is 7.79. The second-order valence-electron chi connectivity index (χ2n) is 6.09. The summed E-state index contributed by atoms with van der Waals surface area (Å²) in [6, 6.07) is 19.3. The molecule has 0 heterocycles. The largest absolute Gasteiger partial charge is 0.490 e. The Morgan fingerprint density at radius 1 is 0.929 bits per heavy atom. The monoisotopic (exact) mass is 479 g/mol. The molecule has 0 atom stereocenters. The minimum atomic E-state index is 0.399. The average molecular weight is 481 g/mol. The van der Waals surface area contributed by atoms with Crippen LogP contribution in [0.3, 0.4) is 0 Å². The first kappa shape index (κ1) is 20.8. The number of hydrogen-bond donors (Lipinski definition) is 1. The lowest BCUT2D eigenvalue weighted by atomic mass is 10.2. The molecule has 0 bridgehead atoms. The van der Waals surface area contributed by atoms with E-state index in [1.54, 1.807) is 0 Å². The van der Waals surface area contributed by atoms with E-state index in [1.807, 2.05) is 67.6 Å². The molecule has 1 N–H and O–H groups in total. The predicted octanol–water partition coefficient (Wildman–Crippen LogP) is 7.35. The van der Waals surface area contributed by atoms with Gasteiger partial charge in [0.05, 0.1) is 21.8 Å². The molecule has 0 saturated carbocycles. The van der Waals surface area contributed by atoms with Crippen LogP contribution in [0, 0.1) is 0 Å². The lowest BCUT2D eigenvalue weighted by Gasteiger charge is -2.16. The molecule has 28 heavy (non-hydrogen) atoms. The smallest absolute Gasteiger partial charge is 0.175 e. The molecule has 0 fully saturated rings. The molecule has 3 aromatic carbocycles. The Bertz CT molecular complexity index is 950. The van der Waals surface area contributed by atoms with Gasteiger partial charge >= 0.3 is 0 Å². The Balaban J connectivity index is 1.76. The van der Waals surface area contributed by atoms with Crippen LogP contribution < -0.4 is 14.8 Å². The first-order valence-corrected chi connectivity index (χ1v) is 10.4. The van der Waals surface area contributed by atoms with Gasteiger partial charge in [0.1, 0.15) is 6.61 Å². The fourth-order valence-electron chi connectivity index (χ4n) is 2.71. The van der Waals surface area contributed by atoms with Crippen molar-refractivity contribution in [3.63, 3.8) is 0 Å². The summed E-state index contributed by atoms with van der Waals surface area (Å²) in [5, 5.41) is 4.72. The van der Waals surface area contributed by atoms with Gasteiger partial charge in [0.15, 0.2) is 11.5 Å². The summed E-state index contributed by atoms with van der Waals surface area (Å²) in [7, 11) is 0. The van der Waals surface area contributed by atoms with Crippen molar-refractivity contribution in [3.8, 4) is 11.5 Å². The molecule has 0 aliphatic heterocycles. The first-order valence-electron chi connectivity index (χ1n) is 8.87. The number of anilines is 1. The topological polar surface area (TPSA) is 30.5 Å². The number of rotatable bonds is 8. The van der Waals surface area contributed by atoms with E-state index in [0.29, 0.717) is 41.3 Å². The molecule has 0 aliphatic carbocycles. The van der Waals surface area contributed by atoms with Gasteiger partial charge in [-0.1, -0.05) is 47.5 Å². The standard InChI is InChI=1S/C22H20BrCl2NO2/c1-2-27-21-12-16(13-26-20-9-4-3-8-19(20)25)11-18(23)22(21)28-14-15-6-5-7-17(24)10-15/h3-12,26H,2,13-14H2,1H3. The van der Waals surface area contributed by atoms with Crippen molar-refractivity contribution in [2.75, 3.05) is 11.9 Å². The van der Waals surface area contributed by atoms with E-state index in [1.165, 1.54) is 0 Å². The summed E-state index contributed by atoms with van der Waals surface area (Å²) in [6.07, 6.45) is 0. The normalized spacial score (nSPS) is 10.6. The van der Waals surface area contributed by atoms with Crippen LogP contribution in [-0.4, -0.2) is 6.61 Å². The number of nitrogens with one attached hydrogen (secondary N) is 1. The van der Waals surface area contributed by atoms with Gasteiger partial charge in [-0.25, -0.2) is 0 Å². The van der Waals surface area contributed by atoms with Gasteiger partial charge in [0.25, 0.3) is 0 Å². The van der Waals surface area contributed by atoms with E-state index < -0.39 is 0 Å². The van der Waals surface area contributed by atoms with Crippen LogP contribution in [0.15, 0.2) is 65.1 Å². The fourth-order valence-corrected chi connectivity index (χ4v) is 3.73. The zero-order valence-electron chi connectivity index (χ0n) is 15.3. The van der Waals surface area contributed by atoms with Crippen LogP contribution in [0.2, 0.25) is 10.0 Å². The zero-order chi connectivity index (χ0) is 19.9. The average Bonchev–Trinajstić information content (AvgIpc) is 2.67. The van der Waals surface area contributed by atoms with Crippen LogP contribution >= 0.6 is 39.1 Å². The maximum absolute atomic E-state index is 6.21. The molecule has 0 saturated heterocycles. The van der Waals surface area contributed by atoms with Crippen LogP contribution in [-0.2, 0) is 13.2 Å². The molecule has 6 heteroatoms. The van der Waals surface area contributed by atoms with Crippen molar-refractivity contribution in [2.24, 2.45) is 0 Å². The van der Waals surface area contributed by atoms with E-state index in [9.17, 15) is 0 Å². The van der Waals surface area contributed by atoms with Gasteiger partial charge < -0.3 is 14.8 Å². The number of para-hydroxylation sites is 1. The van der Waals surface area contributed by atoms with E-state index >= 15 is 0 Å². The van der Waals surface area contributed by atoms with Crippen LogP contribution in [0.1, 0.15) is 18.1 Å². The highest BCUT2D eigenvalue weighted by Crippen LogP contribution is 2.38. The predicted molar refractivity (Wildman–Crippen MR) is 120 cm³/mol. The molecule has 3 aromatic rings. The highest BCUT2D eigenvalue weighted by atomic mass is 79.9. The van der Waals surface area contributed by atoms with E-state index in [2.05, 4.69) is 21.2 Å². The second kappa shape index (κ2) is 10.1. The van der Waals surface area contributed by atoms with Crippen molar-refractivity contribution < 1.29 is 9.47 Å². The Morgan fingerprint density at radius 2 is 1.75 bits per heavy atom.